The quantitative estimate of drug-likeness (QED) is 0.631. The first kappa shape index (κ1) is 24.3. The minimum atomic E-state index is -0.540. The smallest absolute Gasteiger partial charge is 0.410 e. The highest BCUT2D eigenvalue weighted by Gasteiger charge is 2.28. The van der Waals surface area contributed by atoms with Crippen LogP contribution in [0.25, 0.3) is 0 Å². The van der Waals surface area contributed by atoms with Gasteiger partial charge in [0.15, 0.2) is 5.69 Å². The number of H-pyrrole nitrogens is 1. The van der Waals surface area contributed by atoms with Gasteiger partial charge in [-0.05, 0) is 57.5 Å². The molecule has 2 heterocycles. The second kappa shape index (κ2) is 10.5. The molecule has 1 aliphatic rings. The van der Waals surface area contributed by atoms with Crippen molar-refractivity contribution in [2.45, 2.75) is 65.1 Å². The largest absolute Gasteiger partial charge is 0.459 e. The lowest BCUT2D eigenvalue weighted by atomic mass is 10.1. The van der Waals surface area contributed by atoms with Gasteiger partial charge in [-0.2, -0.15) is 5.10 Å². The van der Waals surface area contributed by atoms with Gasteiger partial charge in [0.2, 0.25) is 0 Å². The number of ether oxygens (including phenoxy) is 2. The lowest BCUT2D eigenvalue weighted by Crippen LogP contribution is -2.43. The van der Waals surface area contributed by atoms with Crippen molar-refractivity contribution in [1.29, 1.82) is 0 Å². The van der Waals surface area contributed by atoms with Gasteiger partial charge in [0.05, 0.1) is 5.56 Å². The Kier molecular flexibility index (Phi) is 7.73. The summed E-state index contributed by atoms with van der Waals surface area (Å²) in [5.74, 6) is -0.749. The Morgan fingerprint density at radius 2 is 1.82 bits per heavy atom. The second-order valence-corrected chi connectivity index (χ2v) is 9.13. The highest BCUT2D eigenvalue weighted by Crippen LogP contribution is 2.19. The molecule has 178 valence electrons. The van der Waals surface area contributed by atoms with E-state index in [1.807, 2.05) is 20.8 Å². The number of aryl methyl sites for hydroxylation is 1. The third kappa shape index (κ3) is 7.06. The van der Waals surface area contributed by atoms with Crippen molar-refractivity contribution in [2.75, 3.05) is 18.4 Å². The Morgan fingerprint density at radius 3 is 2.42 bits per heavy atom. The number of hydrogen-bond donors (Lipinski definition) is 2. The Balaban J connectivity index is 1.47. The molecule has 2 aromatic rings. The summed E-state index contributed by atoms with van der Waals surface area (Å²) in [6, 6.07) is 8.26. The van der Waals surface area contributed by atoms with Crippen LogP contribution in [0.4, 0.5) is 10.5 Å². The molecule has 9 heteroatoms. The Bertz CT molecular complexity index is 969. The van der Waals surface area contributed by atoms with Gasteiger partial charge in [-0.1, -0.05) is 13.3 Å². The third-order valence-electron chi connectivity index (χ3n) is 5.13. The topological polar surface area (TPSA) is 114 Å². The molecule has 9 nitrogen and oxygen atoms in total. The number of nitrogens with zero attached hydrogens (tertiary/aromatic N) is 2. The molecule has 0 unspecified atom stereocenters. The molecule has 1 fully saturated rings. The van der Waals surface area contributed by atoms with Crippen LogP contribution in [-0.2, 0) is 15.9 Å². The summed E-state index contributed by atoms with van der Waals surface area (Å²) in [5.41, 5.74) is 1.65. The van der Waals surface area contributed by atoms with Gasteiger partial charge in [-0.3, -0.25) is 9.89 Å². The summed E-state index contributed by atoms with van der Waals surface area (Å²) in [4.78, 5) is 38.6. The van der Waals surface area contributed by atoms with Gasteiger partial charge in [0.25, 0.3) is 5.91 Å². The van der Waals surface area contributed by atoms with E-state index in [1.165, 1.54) is 0 Å². The van der Waals surface area contributed by atoms with Gasteiger partial charge in [-0.25, -0.2) is 9.59 Å². The van der Waals surface area contributed by atoms with Gasteiger partial charge in [-0.15, -0.1) is 0 Å². The van der Waals surface area contributed by atoms with Gasteiger partial charge < -0.3 is 19.7 Å². The number of hydrogen-bond acceptors (Lipinski definition) is 6. The first-order valence-corrected chi connectivity index (χ1v) is 11.3. The summed E-state index contributed by atoms with van der Waals surface area (Å²) in [6.07, 6.45) is 2.31. The molecule has 1 aromatic carbocycles. The summed E-state index contributed by atoms with van der Waals surface area (Å²) in [7, 11) is 0. The van der Waals surface area contributed by atoms with Crippen molar-refractivity contribution in [1.82, 2.24) is 15.1 Å². The molecule has 0 atom stereocenters. The zero-order chi connectivity index (χ0) is 24.0. The molecule has 0 radical (unpaired) electrons. The van der Waals surface area contributed by atoms with Crippen LogP contribution in [0.15, 0.2) is 30.3 Å². The highest BCUT2D eigenvalue weighted by molar-refractivity contribution is 6.03. The van der Waals surface area contributed by atoms with Crippen molar-refractivity contribution in [2.24, 2.45) is 0 Å². The van der Waals surface area contributed by atoms with E-state index in [1.54, 1.807) is 35.2 Å². The standard InChI is InChI=1S/C24H32N4O5/c1-5-6-18-15-20(27-26-18)21(29)25-17-9-7-16(8-10-17)22(30)32-19-11-13-28(14-12-19)23(31)33-24(2,3)4/h7-10,15,19H,5-6,11-14H2,1-4H3,(H,25,29)(H,26,27). The first-order chi connectivity index (χ1) is 15.6. The molecule has 33 heavy (non-hydrogen) atoms. The predicted molar refractivity (Wildman–Crippen MR) is 123 cm³/mol. The zero-order valence-corrected chi connectivity index (χ0v) is 19.6. The van der Waals surface area contributed by atoms with Crippen LogP contribution in [0.1, 0.15) is 73.5 Å². The number of nitrogens with one attached hydrogen (secondary N) is 2. The fraction of sp³-hybridized carbons (Fsp3) is 0.500. The van der Waals surface area contributed by atoms with E-state index in [-0.39, 0.29) is 18.1 Å². The Hall–Kier alpha value is -3.36. The van der Waals surface area contributed by atoms with Crippen LogP contribution < -0.4 is 5.32 Å². The van der Waals surface area contributed by atoms with Gasteiger partial charge in [0.1, 0.15) is 11.7 Å². The highest BCUT2D eigenvalue weighted by atomic mass is 16.6. The Labute approximate surface area is 193 Å². The molecular weight excluding hydrogens is 424 g/mol. The molecule has 3 rings (SSSR count). The SMILES string of the molecule is CCCc1cc(C(=O)Nc2ccc(C(=O)OC3CCN(C(=O)OC(C)(C)C)CC3)cc2)n[nH]1. The van der Waals surface area contributed by atoms with Crippen molar-refractivity contribution in [3.05, 3.63) is 47.3 Å². The van der Waals surface area contributed by atoms with E-state index in [0.29, 0.717) is 42.9 Å². The maximum Gasteiger partial charge on any atom is 0.410 e. The monoisotopic (exact) mass is 456 g/mol. The van der Waals surface area contributed by atoms with Crippen LogP contribution >= 0.6 is 0 Å². The number of benzene rings is 1. The maximum absolute atomic E-state index is 12.5. The lowest BCUT2D eigenvalue weighted by molar-refractivity contribution is -0.00341. The minimum Gasteiger partial charge on any atom is -0.459 e. The fourth-order valence-electron chi connectivity index (χ4n) is 3.46. The molecule has 1 aliphatic heterocycles. The molecule has 1 saturated heterocycles. The van der Waals surface area contributed by atoms with E-state index in [0.717, 1.165) is 18.5 Å². The lowest BCUT2D eigenvalue weighted by Gasteiger charge is -2.33. The van der Waals surface area contributed by atoms with Gasteiger partial charge in [0, 0.05) is 37.3 Å². The average Bonchev–Trinajstić information content (AvgIpc) is 3.23. The number of likely N-dealkylation sites (tertiary alicyclic amines) is 1. The molecule has 0 aliphatic carbocycles. The zero-order valence-electron chi connectivity index (χ0n) is 19.6. The summed E-state index contributed by atoms with van der Waals surface area (Å²) in [6.45, 7) is 8.50. The van der Waals surface area contributed by atoms with E-state index in [4.69, 9.17) is 9.47 Å². The molecule has 2 N–H and O–H groups in total. The van der Waals surface area contributed by atoms with Gasteiger partial charge >= 0.3 is 12.1 Å². The van der Waals surface area contributed by atoms with Crippen molar-refractivity contribution in [3.63, 3.8) is 0 Å². The van der Waals surface area contributed by atoms with Crippen LogP contribution in [0.2, 0.25) is 0 Å². The molecule has 0 bridgehead atoms. The predicted octanol–water partition coefficient (Wildman–Crippen LogP) is 4.17. The number of piperidine rings is 1. The summed E-state index contributed by atoms with van der Waals surface area (Å²) < 4.78 is 11.0. The number of anilines is 1. The number of aromatic nitrogens is 2. The number of esters is 1. The fourth-order valence-corrected chi connectivity index (χ4v) is 3.46. The number of amides is 2. The summed E-state index contributed by atoms with van der Waals surface area (Å²) >= 11 is 0. The minimum absolute atomic E-state index is 0.257. The van der Waals surface area contributed by atoms with E-state index < -0.39 is 11.6 Å². The van der Waals surface area contributed by atoms with E-state index in [9.17, 15) is 14.4 Å². The summed E-state index contributed by atoms with van der Waals surface area (Å²) in [5, 5.41) is 9.66. The average molecular weight is 457 g/mol. The van der Waals surface area contributed by atoms with Crippen LogP contribution in [0.5, 0.6) is 0 Å². The number of aromatic amines is 1. The molecule has 2 amide bonds. The normalized spacial score (nSPS) is 14.6. The first-order valence-electron chi connectivity index (χ1n) is 11.3. The Morgan fingerprint density at radius 1 is 1.15 bits per heavy atom. The number of rotatable bonds is 6. The number of carbonyl (C=O) groups excluding carboxylic acids is 3. The second-order valence-electron chi connectivity index (χ2n) is 9.13. The molecule has 0 spiro atoms. The molecule has 1 aromatic heterocycles. The van der Waals surface area contributed by atoms with Crippen LogP contribution in [0.3, 0.4) is 0 Å². The molecular formula is C24H32N4O5. The molecule has 0 saturated carbocycles. The van der Waals surface area contributed by atoms with Crippen LogP contribution in [-0.4, -0.2) is 57.9 Å². The van der Waals surface area contributed by atoms with Crippen molar-refractivity contribution >= 4 is 23.7 Å². The van der Waals surface area contributed by atoms with E-state index in [2.05, 4.69) is 22.4 Å². The van der Waals surface area contributed by atoms with E-state index >= 15 is 0 Å². The third-order valence-corrected chi connectivity index (χ3v) is 5.13. The van der Waals surface area contributed by atoms with Crippen molar-refractivity contribution < 1.29 is 23.9 Å². The van der Waals surface area contributed by atoms with Crippen molar-refractivity contribution in [3.8, 4) is 0 Å². The maximum atomic E-state index is 12.5. The number of carbonyl (C=O) groups is 3. The van der Waals surface area contributed by atoms with Crippen LogP contribution in [0, 0.1) is 0 Å².